The van der Waals surface area contributed by atoms with Crippen molar-refractivity contribution in [2.75, 3.05) is 18.4 Å². The van der Waals surface area contributed by atoms with Gasteiger partial charge in [0.05, 0.1) is 0 Å². The van der Waals surface area contributed by atoms with E-state index in [1.807, 2.05) is 30.3 Å². The highest BCUT2D eigenvalue weighted by molar-refractivity contribution is 6.26. The van der Waals surface area contributed by atoms with Crippen molar-refractivity contribution < 1.29 is 19.5 Å². The Morgan fingerprint density at radius 1 is 0.737 bits per heavy atom. The van der Waals surface area contributed by atoms with Crippen molar-refractivity contribution in [3.8, 4) is 0 Å². The summed E-state index contributed by atoms with van der Waals surface area (Å²) in [4.78, 5) is 38.6. The summed E-state index contributed by atoms with van der Waals surface area (Å²) in [6.45, 7) is 3.58. The molecule has 2 aromatic rings. The van der Waals surface area contributed by atoms with Crippen molar-refractivity contribution in [1.82, 2.24) is 4.90 Å². The summed E-state index contributed by atoms with van der Waals surface area (Å²) in [5, 5.41) is 14.0. The molecule has 0 saturated carbocycles. The van der Waals surface area contributed by atoms with E-state index in [2.05, 4.69) is 12.2 Å². The zero-order valence-corrected chi connectivity index (χ0v) is 23.2. The van der Waals surface area contributed by atoms with E-state index < -0.39 is 5.97 Å². The van der Waals surface area contributed by atoms with Crippen LogP contribution < -0.4 is 5.32 Å². The fourth-order valence-electron chi connectivity index (χ4n) is 5.42. The Balaban J connectivity index is 1.47. The minimum Gasteiger partial charge on any atom is -0.481 e. The summed E-state index contributed by atoms with van der Waals surface area (Å²) < 4.78 is 0. The van der Waals surface area contributed by atoms with E-state index >= 15 is 0 Å². The van der Waals surface area contributed by atoms with Crippen LogP contribution >= 0.6 is 0 Å². The van der Waals surface area contributed by atoms with Gasteiger partial charge in [-0.1, -0.05) is 96.1 Å². The third-order valence-corrected chi connectivity index (χ3v) is 7.61. The van der Waals surface area contributed by atoms with E-state index in [-0.39, 0.29) is 18.2 Å². The highest BCUT2D eigenvalue weighted by Crippen LogP contribution is 2.34. The topological polar surface area (TPSA) is 86.7 Å². The van der Waals surface area contributed by atoms with Crippen LogP contribution in [0.1, 0.15) is 130 Å². The number of aliphatic carboxylic acids is 1. The van der Waals surface area contributed by atoms with Crippen molar-refractivity contribution >= 4 is 34.2 Å². The molecule has 1 aliphatic heterocycles. The van der Waals surface area contributed by atoms with Crippen LogP contribution in [0.25, 0.3) is 10.8 Å². The summed E-state index contributed by atoms with van der Waals surface area (Å²) in [5.74, 6) is -1.09. The molecule has 2 amide bonds. The van der Waals surface area contributed by atoms with Gasteiger partial charge in [0.25, 0.3) is 11.8 Å². The monoisotopic (exact) mass is 522 g/mol. The van der Waals surface area contributed by atoms with Crippen LogP contribution in [0.4, 0.5) is 5.69 Å². The van der Waals surface area contributed by atoms with Crippen LogP contribution in [0.15, 0.2) is 30.3 Å². The first kappa shape index (κ1) is 29.7. The highest BCUT2D eigenvalue weighted by atomic mass is 16.4. The van der Waals surface area contributed by atoms with E-state index in [9.17, 15) is 14.4 Å². The van der Waals surface area contributed by atoms with E-state index in [0.717, 1.165) is 80.8 Å². The van der Waals surface area contributed by atoms with Crippen molar-refractivity contribution in [2.45, 2.75) is 110 Å². The number of carbonyl (C=O) groups excluding carboxylic acids is 2. The Hall–Kier alpha value is -2.89. The van der Waals surface area contributed by atoms with E-state index in [4.69, 9.17) is 5.11 Å². The average molecular weight is 523 g/mol. The molecule has 0 unspecified atom stereocenters. The maximum atomic E-state index is 13.3. The largest absolute Gasteiger partial charge is 0.481 e. The summed E-state index contributed by atoms with van der Waals surface area (Å²) >= 11 is 0. The average Bonchev–Trinajstić information content (AvgIpc) is 2.91. The number of nitrogens with one attached hydrogen (secondary N) is 1. The number of carbonyl (C=O) groups is 3. The maximum absolute atomic E-state index is 13.3. The predicted molar refractivity (Wildman–Crippen MR) is 155 cm³/mol. The van der Waals surface area contributed by atoms with Gasteiger partial charge in [-0.3, -0.25) is 19.3 Å². The molecule has 38 heavy (non-hydrogen) atoms. The summed E-state index contributed by atoms with van der Waals surface area (Å²) in [7, 11) is 0. The van der Waals surface area contributed by atoms with Gasteiger partial charge in [-0.15, -0.1) is 0 Å². The number of hydrogen-bond donors (Lipinski definition) is 2. The first-order valence-electron chi connectivity index (χ1n) is 14.9. The number of imide groups is 1. The molecule has 0 atom stereocenters. The number of unbranched alkanes of at least 4 members (excludes halogenated alkanes) is 13. The number of hydrogen-bond acceptors (Lipinski definition) is 4. The Morgan fingerprint density at radius 2 is 1.32 bits per heavy atom. The molecule has 2 N–H and O–H groups in total. The lowest BCUT2D eigenvalue weighted by molar-refractivity contribution is -0.137. The van der Waals surface area contributed by atoms with Crippen molar-refractivity contribution in [3.63, 3.8) is 0 Å². The zero-order chi connectivity index (χ0) is 27.2. The summed E-state index contributed by atoms with van der Waals surface area (Å²) in [6, 6.07) is 9.64. The predicted octanol–water partition coefficient (Wildman–Crippen LogP) is 8.19. The van der Waals surface area contributed by atoms with E-state index in [1.54, 1.807) is 0 Å². The summed E-state index contributed by atoms with van der Waals surface area (Å²) in [6.07, 6.45) is 16.9. The van der Waals surface area contributed by atoms with Gasteiger partial charge in [0, 0.05) is 47.1 Å². The molecular weight excluding hydrogens is 476 g/mol. The van der Waals surface area contributed by atoms with Crippen LogP contribution in [0, 0.1) is 0 Å². The quantitative estimate of drug-likeness (QED) is 0.135. The fraction of sp³-hybridized carbons (Fsp3) is 0.594. The Morgan fingerprint density at radius 3 is 1.97 bits per heavy atom. The maximum Gasteiger partial charge on any atom is 0.303 e. The molecule has 0 saturated heterocycles. The first-order valence-corrected chi connectivity index (χ1v) is 14.9. The van der Waals surface area contributed by atoms with Crippen LogP contribution in [-0.4, -0.2) is 40.9 Å². The standard InChI is InChI=1S/C32H46N2O4/c1-2-3-4-5-9-12-15-23-33-28-22-21-27-30-25(28)18-17-19-26(30)31(37)34(32(27)38)24-16-13-10-7-6-8-11-14-20-29(35)36/h17-19,21-22,33H,2-16,20,23-24H2,1H3,(H,35,36). The number of benzene rings is 2. The van der Waals surface area contributed by atoms with Gasteiger partial charge < -0.3 is 10.4 Å². The zero-order valence-electron chi connectivity index (χ0n) is 23.2. The van der Waals surface area contributed by atoms with Gasteiger partial charge in [-0.25, -0.2) is 0 Å². The van der Waals surface area contributed by atoms with Crippen molar-refractivity contribution in [1.29, 1.82) is 0 Å². The van der Waals surface area contributed by atoms with Crippen LogP contribution in [0.3, 0.4) is 0 Å². The lowest BCUT2D eigenvalue weighted by Crippen LogP contribution is -2.40. The fourth-order valence-corrected chi connectivity index (χ4v) is 5.42. The normalized spacial score (nSPS) is 12.9. The van der Waals surface area contributed by atoms with Gasteiger partial charge >= 0.3 is 5.97 Å². The third kappa shape index (κ3) is 8.57. The second-order valence-electron chi connectivity index (χ2n) is 10.7. The Kier molecular flexibility index (Phi) is 12.6. The Labute approximate surface area is 228 Å². The van der Waals surface area contributed by atoms with Crippen LogP contribution in [0.5, 0.6) is 0 Å². The molecule has 208 valence electrons. The van der Waals surface area contributed by atoms with E-state index in [0.29, 0.717) is 17.7 Å². The molecule has 3 rings (SSSR count). The second kappa shape index (κ2) is 16.2. The molecule has 1 heterocycles. The number of rotatable bonds is 20. The minimum atomic E-state index is -0.721. The molecule has 0 aromatic heterocycles. The summed E-state index contributed by atoms with van der Waals surface area (Å²) in [5.41, 5.74) is 2.24. The second-order valence-corrected chi connectivity index (χ2v) is 10.7. The highest BCUT2D eigenvalue weighted by Gasteiger charge is 2.32. The molecule has 0 spiro atoms. The number of carboxylic acid groups (broad SMARTS) is 1. The SMILES string of the molecule is CCCCCCCCCNc1ccc2c3c(cccc13)C(=O)N(CCCCCCCCCCC(=O)O)C2=O. The van der Waals surface area contributed by atoms with Gasteiger partial charge in [0.2, 0.25) is 0 Å². The lowest BCUT2D eigenvalue weighted by atomic mass is 9.92. The number of carboxylic acids is 1. The molecule has 1 aliphatic rings. The van der Waals surface area contributed by atoms with Crippen molar-refractivity contribution in [3.05, 3.63) is 41.5 Å². The molecule has 0 aliphatic carbocycles. The molecule has 0 radical (unpaired) electrons. The number of nitrogens with zero attached hydrogens (tertiary/aromatic N) is 1. The Bertz CT molecular complexity index is 1040. The molecule has 6 nitrogen and oxygen atoms in total. The van der Waals surface area contributed by atoms with Crippen molar-refractivity contribution in [2.24, 2.45) is 0 Å². The molecule has 0 fully saturated rings. The smallest absolute Gasteiger partial charge is 0.303 e. The minimum absolute atomic E-state index is 0.184. The molecule has 2 aromatic carbocycles. The lowest BCUT2D eigenvalue weighted by Gasteiger charge is -2.28. The van der Waals surface area contributed by atoms with E-state index in [1.165, 1.54) is 43.4 Å². The van der Waals surface area contributed by atoms with Crippen LogP contribution in [-0.2, 0) is 4.79 Å². The molecule has 0 bridgehead atoms. The number of amides is 2. The molecule has 6 heteroatoms. The van der Waals surface area contributed by atoms with Gasteiger partial charge in [-0.05, 0) is 37.5 Å². The van der Waals surface area contributed by atoms with Gasteiger partial charge in [0.1, 0.15) is 0 Å². The number of anilines is 1. The molecular formula is C32H46N2O4. The van der Waals surface area contributed by atoms with Crippen LogP contribution in [0.2, 0.25) is 0 Å². The third-order valence-electron chi connectivity index (χ3n) is 7.61. The first-order chi connectivity index (χ1) is 18.5. The van der Waals surface area contributed by atoms with Gasteiger partial charge in [0.15, 0.2) is 0 Å². The van der Waals surface area contributed by atoms with Gasteiger partial charge in [-0.2, -0.15) is 0 Å².